The summed E-state index contributed by atoms with van der Waals surface area (Å²) in [7, 11) is 0. The number of carbonyl (C=O) groups is 3. The summed E-state index contributed by atoms with van der Waals surface area (Å²) in [5.41, 5.74) is -0.299. The van der Waals surface area contributed by atoms with Crippen LogP contribution in [0.5, 0.6) is 0 Å². The second kappa shape index (κ2) is 7.19. The molecular formula is C20H21F2N5O3. The summed E-state index contributed by atoms with van der Waals surface area (Å²) in [6, 6.07) is 2.50. The first kappa shape index (κ1) is 20.0. The van der Waals surface area contributed by atoms with Crippen molar-refractivity contribution in [1.82, 2.24) is 20.0 Å². The number of amides is 4. The average molecular weight is 417 g/mol. The highest BCUT2D eigenvalue weighted by atomic mass is 19.1. The van der Waals surface area contributed by atoms with E-state index in [0.717, 1.165) is 35.9 Å². The molecule has 1 aromatic carbocycles. The van der Waals surface area contributed by atoms with Crippen molar-refractivity contribution in [2.24, 2.45) is 5.92 Å². The molecule has 10 heteroatoms. The van der Waals surface area contributed by atoms with Gasteiger partial charge in [-0.1, -0.05) is 0 Å². The molecule has 2 fully saturated rings. The maximum Gasteiger partial charge on any atom is 0.325 e. The lowest BCUT2D eigenvalue weighted by atomic mass is 9.96. The van der Waals surface area contributed by atoms with Crippen LogP contribution in [-0.2, 0) is 16.1 Å². The molecule has 2 N–H and O–H groups in total. The van der Waals surface area contributed by atoms with Crippen LogP contribution in [0.4, 0.5) is 19.4 Å². The Labute approximate surface area is 171 Å². The Bertz CT molecular complexity index is 1050. The van der Waals surface area contributed by atoms with Gasteiger partial charge in [-0.05, 0) is 50.8 Å². The lowest BCUT2D eigenvalue weighted by Gasteiger charge is -2.20. The standard InChI is InChI=1S/C20H21F2N5O3/c1-11-8-23-27(9-12-7-14(21)5-6-15(12)22)17(11)24-16(28)10-26-18(29)20(2,13-3-4-13)25-19(26)30/h5-8,13H,3-4,9-10H2,1-2H3,(H,24,28)(H,25,30). The van der Waals surface area contributed by atoms with Crippen LogP contribution in [0, 0.1) is 24.5 Å². The predicted molar refractivity (Wildman–Crippen MR) is 102 cm³/mol. The van der Waals surface area contributed by atoms with Crippen LogP contribution in [0.2, 0.25) is 0 Å². The quantitative estimate of drug-likeness (QED) is 0.704. The van der Waals surface area contributed by atoms with Crippen molar-refractivity contribution in [2.45, 2.75) is 38.8 Å². The van der Waals surface area contributed by atoms with Gasteiger partial charge in [-0.15, -0.1) is 0 Å². The first-order chi connectivity index (χ1) is 14.2. The van der Waals surface area contributed by atoms with Crippen molar-refractivity contribution in [3.8, 4) is 0 Å². The number of nitrogens with one attached hydrogen (secondary N) is 2. The smallest absolute Gasteiger partial charge is 0.323 e. The van der Waals surface area contributed by atoms with Gasteiger partial charge in [0.25, 0.3) is 5.91 Å². The van der Waals surface area contributed by atoms with Crippen molar-refractivity contribution in [1.29, 1.82) is 0 Å². The monoisotopic (exact) mass is 417 g/mol. The number of benzene rings is 1. The number of halogens is 2. The molecule has 0 bridgehead atoms. The molecule has 30 heavy (non-hydrogen) atoms. The molecule has 2 aromatic rings. The maximum atomic E-state index is 14.0. The minimum atomic E-state index is -0.968. The Morgan fingerprint density at radius 3 is 2.77 bits per heavy atom. The minimum absolute atomic E-state index is 0.0721. The van der Waals surface area contributed by atoms with Gasteiger partial charge >= 0.3 is 6.03 Å². The summed E-state index contributed by atoms with van der Waals surface area (Å²) in [5.74, 6) is -1.83. The molecule has 1 saturated carbocycles. The number of aryl methyl sites for hydroxylation is 1. The molecule has 2 aliphatic rings. The highest BCUT2D eigenvalue weighted by Crippen LogP contribution is 2.42. The van der Waals surface area contributed by atoms with Gasteiger partial charge in [0.2, 0.25) is 5.91 Å². The van der Waals surface area contributed by atoms with E-state index in [-0.39, 0.29) is 23.8 Å². The summed E-state index contributed by atoms with van der Waals surface area (Å²) in [6.45, 7) is 2.82. The van der Waals surface area contributed by atoms with E-state index in [1.165, 1.54) is 10.9 Å². The number of rotatable bonds is 6. The van der Waals surface area contributed by atoms with Crippen molar-refractivity contribution in [2.75, 3.05) is 11.9 Å². The third kappa shape index (κ3) is 3.53. The van der Waals surface area contributed by atoms with E-state index < -0.39 is 41.6 Å². The lowest BCUT2D eigenvalue weighted by molar-refractivity contribution is -0.134. The van der Waals surface area contributed by atoms with Gasteiger partial charge in [-0.3, -0.25) is 14.5 Å². The fourth-order valence-corrected chi connectivity index (χ4v) is 3.70. The van der Waals surface area contributed by atoms with Crippen LogP contribution in [0.1, 0.15) is 30.9 Å². The molecule has 8 nitrogen and oxygen atoms in total. The number of imide groups is 1. The van der Waals surface area contributed by atoms with E-state index in [1.54, 1.807) is 13.8 Å². The highest BCUT2D eigenvalue weighted by Gasteiger charge is 2.56. The number of hydrogen-bond donors (Lipinski definition) is 2. The number of urea groups is 1. The molecule has 1 aliphatic heterocycles. The first-order valence-electron chi connectivity index (χ1n) is 9.59. The third-order valence-corrected chi connectivity index (χ3v) is 5.60. The second-order valence-corrected chi connectivity index (χ2v) is 7.92. The Hall–Kier alpha value is -3.30. The number of nitrogens with zero attached hydrogens (tertiary/aromatic N) is 3. The van der Waals surface area contributed by atoms with Crippen molar-refractivity contribution in [3.05, 3.63) is 47.2 Å². The van der Waals surface area contributed by atoms with E-state index in [2.05, 4.69) is 15.7 Å². The van der Waals surface area contributed by atoms with Crippen LogP contribution in [0.3, 0.4) is 0 Å². The number of aromatic nitrogens is 2. The molecule has 1 saturated heterocycles. The SMILES string of the molecule is Cc1cnn(Cc2cc(F)ccc2F)c1NC(=O)CN1C(=O)NC(C)(C2CC2)C1=O. The fraction of sp³-hybridized carbons (Fsp3) is 0.400. The van der Waals surface area contributed by atoms with E-state index in [1.807, 2.05) is 0 Å². The predicted octanol–water partition coefficient (Wildman–Crippen LogP) is 2.18. The van der Waals surface area contributed by atoms with Gasteiger partial charge < -0.3 is 10.6 Å². The van der Waals surface area contributed by atoms with Crippen LogP contribution >= 0.6 is 0 Å². The molecule has 0 radical (unpaired) electrons. The minimum Gasteiger partial charge on any atom is -0.323 e. The molecule has 1 unspecified atom stereocenters. The molecule has 4 rings (SSSR count). The summed E-state index contributed by atoms with van der Waals surface area (Å²) < 4.78 is 28.7. The Kier molecular flexibility index (Phi) is 4.79. The molecule has 1 aromatic heterocycles. The molecule has 1 atom stereocenters. The van der Waals surface area contributed by atoms with Crippen molar-refractivity contribution in [3.63, 3.8) is 0 Å². The van der Waals surface area contributed by atoms with Gasteiger partial charge in [0, 0.05) is 11.1 Å². The summed E-state index contributed by atoms with van der Waals surface area (Å²) in [6.07, 6.45) is 3.19. The molecule has 0 spiro atoms. The maximum absolute atomic E-state index is 14.0. The van der Waals surface area contributed by atoms with Crippen LogP contribution in [0.25, 0.3) is 0 Å². The Morgan fingerprint density at radius 1 is 1.33 bits per heavy atom. The first-order valence-corrected chi connectivity index (χ1v) is 9.59. The molecule has 2 heterocycles. The summed E-state index contributed by atoms with van der Waals surface area (Å²) in [4.78, 5) is 38.4. The fourth-order valence-electron chi connectivity index (χ4n) is 3.70. The third-order valence-electron chi connectivity index (χ3n) is 5.60. The zero-order chi connectivity index (χ0) is 21.6. The van der Waals surface area contributed by atoms with Crippen molar-refractivity contribution >= 4 is 23.7 Å². The van der Waals surface area contributed by atoms with Gasteiger partial charge in [0.1, 0.15) is 29.5 Å². The summed E-state index contributed by atoms with van der Waals surface area (Å²) in [5, 5.41) is 9.41. The normalized spacial score (nSPS) is 21.1. The number of anilines is 1. The van der Waals surface area contributed by atoms with E-state index in [4.69, 9.17) is 0 Å². The number of carbonyl (C=O) groups excluding carboxylic acids is 3. The average Bonchev–Trinajstić information content (AvgIpc) is 3.46. The van der Waals surface area contributed by atoms with Gasteiger partial charge in [0.05, 0.1) is 12.7 Å². The van der Waals surface area contributed by atoms with Crippen LogP contribution in [-0.4, -0.2) is 44.6 Å². The van der Waals surface area contributed by atoms with Gasteiger partial charge in [-0.25, -0.2) is 18.3 Å². The molecule has 4 amide bonds. The van der Waals surface area contributed by atoms with E-state index >= 15 is 0 Å². The van der Waals surface area contributed by atoms with E-state index in [0.29, 0.717) is 5.56 Å². The number of hydrogen-bond acceptors (Lipinski definition) is 4. The largest absolute Gasteiger partial charge is 0.325 e. The zero-order valence-corrected chi connectivity index (χ0v) is 16.5. The Morgan fingerprint density at radius 2 is 2.07 bits per heavy atom. The highest BCUT2D eigenvalue weighted by molar-refractivity contribution is 6.10. The lowest BCUT2D eigenvalue weighted by Crippen LogP contribution is -2.46. The van der Waals surface area contributed by atoms with Crippen molar-refractivity contribution < 1.29 is 23.2 Å². The van der Waals surface area contributed by atoms with Gasteiger partial charge in [0.15, 0.2) is 0 Å². The molecule has 158 valence electrons. The zero-order valence-electron chi connectivity index (χ0n) is 16.5. The topological polar surface area (TPSA) is 96.3 Å². The van der Waals surface area contributed by atoms with Crippen LogP contribution < -0.4 is 10.6 Å². The molecular weight excluding hydrogens is 396 g/mol. The van der Waals surface area contributed by atoms with E-state index in [9.17, 15) is 23.2 Å². The second-order valence-electron chi connectivity index (χ2n) is 7.92. The van der Waals surface area contributed by atoms with Gasteiger partial charge in [-0.2, -0.15) is 5.10 Å². The molecule has 1 aliphatic carbocycles. The van der Waals surface area contributed by atoms with Crippen LogP contribution in [0.15, 0.2) is 24.4 Å². The Balaban J connectivity index is 1.48. The summed E-state index contributed by atoms with van der Waals surface area (Å²) >= 11 is 0.